The van der Waals surface area contributed by atoms with Crippen molar-refractivity contribution < 1.29 is 36.9 Å². The zero-order valence-electron chi connectivity index (χ0n) is 31.3. The standard InChI is InChI=1S/C41H43F4N7O4/c1-4-28-31(42)9-6-24-16-27(53)17-29(32(24)28)33-35(43)37-34(30-20-49(2)48-36(30)33)38(52-25-7-8-26(52)19-51(18-25)10-5-13-54-3)47-39(46-37)56-23-40(21-41(40,44)45)22-50-11-14-55-15-12-50/h1,6,9,16-17,20,25-26,53H,5,7-8,10-15,18-19,21-23H2,2-3H3/t25?,26?,40-/m1/s1. The number of phenols is 1. The molecule has 0 spiro atoms. The Hall–Kier alpha value is -4.75. The summed E-state index contributed by atoms with van der Waals surface area (Å²) in [5, 5.41) is 17.1. The lowest BCUT2D eigenvalue weighted by atomic mass is 9.91. The molecule has 3 aromatic carbocycles. The highest BCUT2D eigenvalue weighted by atomic mass is 19.3. The van der Waals surface area contributed by atoms with Crippen LogP contribution in [0.2, 0.25) is 0 Å². The van der Waals surface area contributed by atoms with Gasteiger partial charge in [0.1, 0.15) is 35.0 Å². The lowest BCUT2D eigenvalue weighted by molar-refractivity contribution is -0.0100. The first kappa shape index (κ1) is 36.9. The van der Waals surface area contributed by atoms with Crippen LogP contribution in [-0.2, 0) is 16.5 Å². The maximum atomic E-state index is 17.8. The molecule has 1 saturated carbocycles. The molecular formula is C41H43F4N7O4. The Kier molecular flexibility index (Phi) is 9.23. The van der Waals surface area contributed by atoms with Crippen molar-refractivity contribution in [1.82, 2.24) is 29.5 Å². The van der Waals surface area contributed by atoms with Gasteiger partial charge in [-0.05, 0) is 48.4 Å². The molecule has 3 aliphatic heterocycles. The summed E-state index contributed by atoms with van der Waals surface area (Å²) < 4.78 is 81.9. The third-order valence-corrected chi connectivity index (χ3v) is 12.0. The van der Waals surface area contributed by atoms with Crippen LogP contribution in [0.1, 0.15) is 31.2 Å². The molecule has 4 fully saturated rings. The third-order valence-electron chi connectivity index (χ3n) is 12.0. The van der Waals surface area contributed by atoms with Crippen molar-refractivity contribution in [3.63, 3.8) is 0 Å². The van der Waals surface area contributed by atoms with E-state index in [0.717, 1.165) is 38.9 Å². The number of piperazine rings is 1. The Morgan fingerprint density at radius 2 is 1.79 bits per heavy atom. The van der Waals surface area contributed by atoms with E-state index in [0.29, 0.717) is 54.9 Å². The van der Waals surface area contributed by atoms with Gasteiger partial charge in [-0.1, -0.05) is 12.0 Å². The van der Waals surface area contributed by atoms with E-state index in [4.69, 9.17) is 30.7 Å². The van der Waals surface area contributed by atoms with Crippen molar-refractivity contribution in [1.29, 1.82) is 0 Å². The Morgan fingerprint density at radius 1 is 1.04 bits per heavy atom. The van der Waals surface area contributed by atoms with E-state index in [9.17, 15) is 5.11 Å². The molecule has 1 N–H and O–H groups in total. The van der Waals surface area contributed by atoms with Gasteiger partial charge in [-0.15, -0.1) is 6.42 Å². The molecule has 56 heavy (non-hydrogen) atoms. The monoisotopic (exact) mass is 773 g/mol. The molecule has 0 amide bonds. The molecule has 2 bridgehead atoms. The second-order valence-electron chi connectivity index (χ2n) is 15.7. The van der Waals surface area contributed by atoms with E-state index in [1.54, 1.807) is 25.0 Å². The number of halogens is 4. The molecule has 3 saturated heterocycles. The predicted octanol–water partition coefficient (Wildman–Crippen LogP) is 5.73. The van der Waals surface area contributed by atoms with Crippen molar-refractivity contribution in [2.45, 2.75) is 43.7 Å². The normalized spacial score (nSPS) is 23.7. The van der Waals surface area contributed by atoms with Gasteiger partial charge in [-0.2, -0.15) is 15.1 Å². The molecule has 294 valence electrons. The number of alkyl halides is 2. The maximum absolute atomic E-state index is 17.8. The fraction of sp³-hybridized carbons (Fsp3) is 0.488. The number of morpholine rings is 1. The highest BCUT2D eigenvalue weighted by Crippen LogP contribution is 2.61. The minimum Gasteiger partial charge on any atom is -0.508 e. The number of benzene rings is 3. The Morgan fingerprint density at radius 3 is 2.48 bits per heavy atom. The maximum Gasteiger partial charge on any atom is 0.319 e. The van der Waals surface area contributed by atoms with Gasteiger partial charge in [0.05, 0.1) is 29.6 Å². The van der Waals surface area contributed by atoms with Gasteiger partial charge in [0, 0.05) is 101 Å². The number of likely N-dealkylation sites (tertiary alicyclic amines) is 1. The predicted molar refractivity (Wildman–Crippen MR) is 203 cm³/mol. The largest absolute Gasteiger partial charge is 0.508 e. The van der Waals surface area contributed by atoms with Crippen LogP contribution in [0.4, 0.5) is 23.4 Å². The van der Waals surface area contributed by atoms with Gasteiger partial charge in [0.2, 0.25) is 0 Å². The number of phenolic OH excluding ortho intramolecular Hbond substituents is 1. The highest BCUT2D eigenvalue weighted by molar-refractivity contribution is 6.18. The van der Waals surface area contributed by atoms with E-state index in [1.807, 2.05) is 4.90 Å². The first-order chi connectivity index (χ1) is 27.0. The Balaban J connectivity index is 1.22. The number of rotatable bonds is 11. The summed E-state index contributed by atoms with van der Waals surface area (Å²) in [6, 6.07) is 5.31. The number of terminal acetylenes is 1. The number of aromatic nitrogens is 4. The lowest BCUT2D eigenvalue weighted by Crippen LogP contribution is -2.54. The van der Waals surface area contributed by atoms with Crippen LogP contribution in [0.5, 0.6) is 11.8 Å². The summed E-state index contributed by atoms with van der Waals surface area (Å²) in [6.07, 6.45) is 9.88. The molecule has 5 aromatic rings. The summed E-state index contributed by atoms with van der Waals surface area (Å²) in [5.41, 5.74) is -1.34. The van der Waals surface area contributed by atoms with Crippen molar-refractivity contribution in [2.24, 2.45) is 12.5 Å². The fourth-order valence-electron chi connectivity index (χ4n) is 9.27. The third kappa shape index (κ3) is 6.18. The molecule has 15 heteroatoms. The number of methoxy groups -OCH3 is 1. The van der Waals surface area contributed by atoms with E-state index < -0.39 is 23.0 Å². The number of hydrogen-bond donors (Lipinski definition) is 1. The Bertz CT molecular complexity index is 2380. The zero-order chi connectivity index (χ0) is 38.9. The number of fused-ring (bicyclic) bond motifs is 6. The SMILES string of the molecule is C#Cc1c(F)ccc2cc(O)cc(-c3c(F)c4nc(OC[C@]5(CN6CCOCC6)CC5(F)F)nc(N5C6CCC5CN(CCCOC)C6)c4c4cn(C)nc34)c12. The minimum absolute atomic E-state index is 0.0355. The summed E-state index contributed by atoms with van der Waals surface area (Å²) in [5.74, 6) is -1.78. The topological polar surface area (TPSA) is 101 Å². The number of aryl methyl sites for hydroxylation is 1. The molecule has 2 aromatic heterocycles. The van der Waals surface area contributed by atoms with Crippen molar-refractivity contribution >= 4 is 38.4 Å². The smallest absolute Gasteiger partial charge is 0.319 e. The fourth-order valence-corrected chi connectivity index (χ4v) is 9.27. The zero-order valence-corrected chi connectivity index (χ0v) is 31.3. The van der Waals surface area contributed by atoms with Crippen LogP contribution in [0.3, 0.4) is 0 Å². The number of ether oxygens (including phenoxy) is 3. The van der Waals surface area contributed by atoms with E-state index in [-0.39, 0.29) is 76.5 Å². The highest BCUT2D eigenvalue weighted by Gasteiger charge is 2.72. The van der Waals surface area contributed by atoms with Crippen LogP contribution in [0, 0.1) is 29.4 Å². The van der Waals surface area contributed by atoms with Crippen LogP contribution < -0.4 is 9.64 Å². The van der Waals surface area contributed by atoms with Gasteiger partial charge in [0.25, 0.3) is 5.92 Å². The first-order valence-corrected chi connectivity index (χ1v) is 19.1. The van der Waals surface area contributed by atoms with Gasteiger partial charge in [-0.25, -0.2) is 17.6 Å². The molecule has 1 aliphatic carbocycles. The van der Waals surface area contributed by atoms with Gasteiger partial charge >= 0.3 is 6.01 Å². The number of aromatic hydroxyl groups is 1. The molecule has 11 nitrogen and oxygen atoms in total. The lowest BCUT2D eigenvalue weighted by Gasteiger charge is -2.42. The van der Waals surface area contributed by atoms with E-state index in [2.05, 4.69) is 20.7 Å². The average Bonchev–Trinajstić information content (AvgIpc) is 3.35. The van der Waals surface area contributed by atoms with Crippen LogP contribution >= 0.6 is 0 Å². The molecule has 2 unspecified atom stereocenters. The second-order valence-corrected chi connectivity index (χ2v) is 15.7. The molecule has 0 radical (unpaired) electrons. The quantitative estimate of drug-likeness (QED) is 0.102. The molecule has 5 heterocycles. The summed E-state index contributed by atoms with van der Waals surface area (Å²) in [6.45, 7) is 4.80. The first-order valence-electron chi connectivity index (χ1n) is 19.1. The minimum atomic E-state index is -2.95. The Labute approximate surface area is 321 Å². The molecule has 3 atom stereocenters. The number of nitrogens with zero attached hydrogens (tertiary/aromatic N) is 7. The summed E-state index contributed by atoms with van der Waals surface area (Å²) in [7, 11) is 3.40. The van der Waals surface area contributed by atoms with Crippen LogP contribution in [0.25, 0.3) is 43.7 Å². The summed E-state index contributed by atoms with van der Waals surface area (Å²) in [4.78, 5) is 16.2. The van der Waals surface area contributed by atoms with Gasteiger partial charge < -0.3 is 24.2 Å². The van der Waals surface area contributed by atoms with Crippen molar-refractivity contribution in [3.8, 4) is 35.2 Å². The molecule has 9 rings (SSSR count). The van der Waals surface area contributed by atoms with E-state index in [1.165, 1.54) is 24.3 Å². The van der Waals surface area contributed by atoms with Gasteiger partial charge in [0.15, 0.2) is 5.82 Å². The van der Waals surface area contributed by atoms with Gasteiger partial charge in [-0.3, -0.25) is 14.5 Å². The number of hydrogen-bond acceptors (Lipinski definition) is 10. The van der Waals surface area contributed by atoms with Crippen LogP contribution in [-0.4, -0.2) is 125 Å². The van der Waals surface area contributed by atoms with E-state index >= 15 is 17.6 Å². The van der Waals surface area contributed by atoms with Crippen molar-refractivity contribution in [2.75, 3.05) is 77.7 Å². The second kappa shape index (κ2) is 14.0. The number of anilines is 1. The molecule has 4 aliphatic rings. The molecular weight excluding hydrogens is 730 g/mol. The van der Waals surface area contributed by atoms with Crippen molar-refractivity contribution in [3.05, 3.63) is 47.7 Å². The summed E-state index contributed by atoms with van der Waals surface area (Å²) >= 11 is 0. The van der Waals surface area contributed by atoms with Crippen LogP contribution in [0.15, 0.2) is 30.5 Å². The average molecular weight is 774 g/mol.